The summed E-state index contributed by atoms with van der Waals surface area (Å²) in [4.78, 5) is 23.1. The lowest BCUT2D eigenvalue weighted by Crippen LogP contribution is -2.34. The molecule has 0 spiro atoms. The number of carbonyl (C=O) groups excluding carboxylic acids is 2. The quantitative estimate of drug-likeness (QED) is 0.580. The van der Waals surface area contributed by atoms with E-state index in [0.717, 1.165) is 0 Å². The standard InChI is InChI=1S/C16H16N2O4/c1-11(20)18(14-6-8-15(21)9-7-14)17-13-4-2-12(3-5-13)16(22)10-19/h2-9,17,19,21H,10H2,1H3. The summed E-state index contributed by atoms with van der Waals surface area (Å²) in [6.07, 6.45) is 0. The zero-order chi connectivity index (χ0) is 16.1. The smallest absolute Gasteiger partial charge is 0.242 e. The number of anilines is 2. The second-order valence-electron chi connectivity index (χ2n) is 4.64. The Morgan fingerprint density at radius 1 is 1.05 bits per heavy atom. The van der Waals surface area contributed by atoms with Gasteiger partial charge in [-0.3, -0.25) is 15.0 Å². The number of phenolic OH excluding ortho intramolecular Hbond substituents is 1. The highest BCUT2D eigenvalue weighted by atomic mass is 16.3. The molecule has 2 rings (SSSR count). The Balaban J connectivity index is 2.19. The molecule has 0 saturated heterocycles. The highest BCUT2D eigenvalue weighted by Crippen LogP contribution is 2.20. The molecule has 1 amide bonds. The molecule has 2 aromatic rings. The first-order chi connectivity index (χ1) is 10.5. The van der Waals surface area contributed by atoms with Crippen molar-refractivity contribution in [3.05, 3.63) is 54.1 Å². The van der Waals surface area contributed by atoms with E-state index in [9.17, 15) is 14.7 Å². The summed E-state index contributed by atoms with van der Waals surface area (Å²) in [7, 11) is 0. The summed E-state index contributed by atoms with van der Waals surface area (Å²) >= 11 is 0. The van der Waals surface area contributed by atoms with E-state index in [1.54, 1.807) is 36.4 Å². The molecule has 0 aliphatic carbocycles. The van der Waals surface area contributed by atoms with Gasteiger partial charge in [0.25, 0.3) is 0 Å². The number of phenols is 1. The van der Waals surface area contributed by atoms with E-state index in [0.29, 0.717) is 16.9 Å². The van der Waals surface area contributed by atoms with Crippen molar-refractivity contribution in [2.45, 2.75) is 6.92 Å². The van der Waals surface area contributed by atoms with Crippen LogP contribution in [0.25, 0.3) is 0 Å². The van der Waals surface area contributed by atoms with Crippen LogP contribution in [0.4, 0.5) is 11.4 Å². The van der Waals surface area contributed by atoms with Crippen molar-refractivity contribution in [1.82, 2.24) is 0 Å². The van der Waals surface area contributed by atoms with Gasteiger partial charge in [0.15, 0.2) is 5.78 Å². The van der Waals surface area contributed by atoms with E-state index in [4.69, 9.17) is 5.11 Å². The first-order valence-corrected chi connectivity index (χ1v) is 6.62. The molecule has 0 atom stereocenters. The van der Waals surface area contributed by atoms with E-state index in [1.807, 2.05) is 0 Å². The number of nitrogens with zero attached hydrogens (tertiary/aromatic N) is 1. The molecule has 0 bridgehead atoms. The number of hydrogen-bond acceptors (Lipinski definition) is 5. The Labute approximate surface area is 127 Å². The number of benzene rings is 2. The van der Waals surface area contributed by atoms with Crippen LogP contribution in [-0.4, -0.2) is 28.5 Å². The Kier molecular flexibility index (Phi) is 4.75. The van der Waals surface area contributed by atoms with Crippen molar-refractivity contribution in [3.63, 3.8) is 0 Å². The number of amides is 1. The largest absolute Gasteiger partial charge is 0.508 e. The Bertz CT molecular complexity index is 666. The van der Waals surface area contributed by atoms with E-state index in [2.05, 4.69) is 5.43 Å². The third-order valence-corrected chi connectivity index (χ3v) is 3.01. The number of hydrogen-bond donors (Lipinski definition) is 3. The fraction of sp³-hybridized carbons (Fsp3) is 0.125. The maximum Gasteiger partial charge on any atom is 0.242 e. The lowest BCUT2D eigenvalue weighted by atomic mass is 10.1. The van der Waals surface area contributed by atoms with Gasteiger partial charge in [0.2, 0.25) is 5.91 Å². The SMILES string of the molecule is CC(=O)N(Nc1ccc(C(=O)CO)cc1)c1ccc(O)cc1. The van der Waals surface area contributed by atoms with Gasteiger partial charge in [0.1, 0.15) is 12.4 Å². The van der Waals surface area contributed by atoms with Crippen LogP contribution in [-0.2, 0) is 4.79 Å². The first-order valence-electron chi connectivity index (χ1n) is 6.62. The third-order valence-electron chi connectivity index (χ3n) is 3.01. The molecule has 0 fully saturated rings. The summed E-state index contributed by atoms with van der Waals surface area (Å²) in [6, 6.07) is 12.6. The summed E-state index contributed by atoms with van der Waals surface area (Å²) in [5, 5.41) is 19.4. The van der Waals surface area contributed by atoms with Crippen LogP contribution < -0.4 is 10.4 Å². The number of nitrogens with one attached hydrogen (secondary N) is 1. The average Bonchev–Trinajstić information content (AvgIpc) is 2.53. The highest BCUT2D eigenvalue weighted by molar-refractivity contribution is 5.97. The average molecular weight is 300 g/mol. The van der Waals surface area contributed by atoms with Gasteiger partial charge in [0, 0.05) is 12.5 Å². The van der Waals surface area contributed by atoms with Crippen LogP contribution in [0.5, 0.6) is 5.75 Å². The molecule has 0 aliphatic rings. The maximum absolute atomic E-state index is 11.8. The van der Waals surface area contributed by atoms with Crippen LogP contribution >= 0.6 is 0 Å². The molecule has 6 heteroatoms. The number of aromatic hydroxyl groups is 1. The minimum Gasteiger partial charge on any atom is -0.508 e. The zero-order valence-corrected chi connectivity index (χ0v) is 12.0. The van der Waals surface area contributed by atoms with Gasteiger partial charge in [-0.1, -0.05) is 0 Å². The van der Waals surface area contributed by atoms with Gasteiger partial charge < -0.3 is 10.2 Å². The maximum atomic E-state index is 11.8. The minimum absolute atomic E-state index is 0.110. The number of rotatable bonds is 5. The predicted molar refractivity (Wildman–Crippen MR) is 82.7 cm³/mol. The number of Topliss-reactive ketones (excluding diaryl/α,β-unsaturated/α-hetero) is 1. The molecular formula is C16H16N2O4. The third kappa shape index (κ3) is 3.62. The Hall–Kier alpha value is -2.86. The molecule has 0 aliphatic heterocycles. The molecule has 0 unspecified atom stereocenters. The first kappa shape index (κ1) is 15.5. The van der Waals surface area contributed by atoms with Crippen LogP contribution in [0.2, 0.25) is 0 Å². The number of ketones is 1. The van der Waals surface area contributed by atoms with Crippen LogP contribution in [0.3, 0.4) is 0 Å². The van der Waals surface area contributed by atoms with Gasteiger partial charge in [-0.2, -0.15) is 0 Å². The summed E-state index contributed by atoms with van der Waals surface area (Å²) < 4.78 is 0. The summed E-state index contributed by atoms with van der Waals surface area (Å²) in [5.41, 5.74) is 4.50. The Morgan fingerprint density at radius 2 is 1.64 bits per heavy atom. The van der Waals surface area contributed by atoms with Crippen molar-refractivity contribution >= 4 is 23.1 Å². The summed E-state index contributed by atoms with van der Waals surface area (Å²) in [5.74, 6) is -0.492. The van der Waals surface area contributed by atoms with Gasteiger partial charge in [-0.25, -0.2) is 5.01 Å². The van der Waals surface area contributed by atoms with Gasteiger partial charge in [-0.15, -0.1) is 0 Å². The zero-order valence-electron chi connectivity index (χ0n) is 12.0. The van der Waals surface area contributed by atoms with E-state index in [-0.39, 0.29) is 17.4 Å². The van der Waals surface area contributed by atoms with E-state index < -0.39 is 6.61 Å². The molecule has 2 aromatic carbocycles. The van der Waals surface area contributed by atoms with Crippen molar-refractivity contribution < 1.29 is 19.8 Å². The van der Waals surface area contributed by atoms with Crippen LogP contribution in [0, 0.1) is 0 Å². The lowest BCUT2D eigenvalue weighted by Gasteiger charge is -2.23. The molecule has 0 saturated carbocycles. The molecule has 6 nitrogen and oxygen atoms in total. The van der Waals surface area contributed by atoms with E-state index >= 15 is 0 Å². The normalized spacial score (nSPS) is 10.1. The molecular weight excluding hydrogens is 284 g/mol. The van der Waals surface area contributed by atoms with Gasteiger partial charge >= 0.3 is 0 Å². The fourth-order valence-electron chi connectivity index (χ4n) is 1.88. The topological polar surface area (TPSA) is 89.9 Å². The minimum atomic E-state index is -0.542. The second kappa shape index (κ2) is 6.73. The number of aliphatic hydroxyl groups excluding tert-OH is 1. The molecule has 114 valence electrons. The molecule has 0 radical (unpaired) electrons. The monoisotopic (exact) mass is 300 g/mol. The lowest BCUT2D eigenvalue weighted by molar-refractivity contribution is -0.116. The molecule has 0 heterocycles. The van der Waals surface area contributed by atoms with Crippen molar-refractivity contribution in [1.29, 1.82) is 0 Å². The van der Waals surface area contributed by atoms with Gasteiger partial charge in [0.05, 0.1) is 11.4 Å². The molecule has 22 heavy (non-hydrogen) atoms. The van der Waals surface area contributed by atoms with Crippen molar-refractivity contribution in [2.24, 2.45) is 0 Å². The Morgan fingerprint density at radius 3 is 2.14 bits per heavy atom. The summed E-state index contributed by atoms with van der Waals surface area (Å²) in [6.45, 7) is 0.864. The number of aliphatic hydroxyl groups is 1. The highest BCUT2D eigenvalue weighted by Gasteiger charge is 2.12. The fourth-order valence-corrected chi connectivity index (χ4v) is 1.88. The molecule has 0 aromatic heterocycles. The number of carbonyl (C=O) groups is 2. The van der Waals surface area contributed by atoms with Crippen molar-refractivity contribution in [2.75, 3.05) is 17.0 Å². The van der Waals surface area contributed by atoms with Crippen LogP contribution in [0.15, 0.2) is 48.5 Å². The number of hydrazine groups is 1. The van der Waals surface area contributed by atoms with Gasteiger partial charge in [-0.05, 0) is 48.5 Å². The van der Waals surface area contributed by atoms with Crippen LogP contribution in [0.1, 0.15) is 17.3 Å². The predicted octanol–water partition coefficient (Wildman–Crippen LogP) is 1.95. The van der Waals surface area contributed by atoms with Crippen molar-refractivity contribution in [3.8, 4) is 5.75 Å². The second-order valence-corrected chi connectivity index (χ2v) is 4.64. The van der Waals surface area contributed by atoms with E-state index in [1.165, 1.54) is 24.1 Å². The molecule has 3 N–H and O–H groups in total.